The lowest BCUT2D eigenvalue weighted by molar-refractivity contribution is -0.131. The summed E-state index contributed by atoms with van der Waals surface area (Å²) < 4.78 is 17.8. The Morgan fingerprint density at radius 1 is 1.09 bits per heavy atom. The second-order valence-electron chi connectivity index (χ2n) is 7.21. The molecule has 2 N–H and O–H groups in total. The Balaban J connectivity index is 2.13. The fourth-order valence-corrected chi connectivity index (χ4v) is 3.27. The Morgan fingerprint density at radius 2 is 1.88 bits per heavy atom. The van der Waals surface area contributed by atoms with Crippen LogP contribution in [0.3, 0.4) is 0 Å². The average Bonchev–Trinajstić information content (AvgIpc) is 2.76. The molecule has 2 aromatic rings. The quantitative estimate of drug-likeness (QED) is 0.266. The zero-order valence-electron chi connectivity index (χ0n) is 18.6. The van der Waals surface area contributed by atoms with Gasteiger partial charge in [-0.2, -0.15) is 0 Å². The van der Waals surface area contributed by atoms with Crippen molar-refractivity contribution in [1.29, 1.82) is 0 Å². The first-order valence-corrected chi connectivity index (χ1v) is 11.2. The van der Waals surface area contributed by atoms with Crippen molar-refractivity contribution in [3.8, 4) is 17.2 Å². The lowest BCUT2D eigenvalue weighted by Crippen LogP contribution is -2.07. The van der Waals surface area contributed by atoms with Crippen LogP contribution in [0.4, 0.5) is 0 Å². The fraction of sp³-hybridized carbons (Fsp3) is 0.400. The van der Waals surface area contributed by atoms with Crippen molar-refractivity contribution in [3.63, 3.8) is 0 Å². The summed E-state index contributed by atoms with van der Waals surface area (Å²) in [6, 6.07) is 10.8. The highest BCUT2D eigenvalue weighted by Crippen LogP contribution is 2.33. The maximum Gasteiger partial charge on any atom is 0.327 e. The minimum atomic E-state index is -0.984. The van der Waals surface area contributed by atoms with E-state index in [9.17, 15) is 9.90 Å². The Kier molecular flexibility index (Phi) is 10.9. The Morgan fingerprint density at radius 3 is 2.56 bits per heavy atom. The van der Waals surface area contributed by atoms with Crippen molar-refractivity contribution in [2.75, 3.05) is 19.8 Å². The maximum absolute atomic E-state index is 10.8. The lowest BCUT2D eigenvalue weighted by Gasteiger charge is -2.19. The van der Waals surface area contributed by atoms with Gasteiger partial charge in [0.25, 0.3) is 0 Å². The van der Waals surface area contributed by atoms with Gasteiger partial charge in [-0.25, -0.2) is 4.79 Å². The van der Waals surface area contributed by atoms with E-state index in [2.05, 4.69) is 6.92 Å². The Hall–Kier alpha value is -2.70. The van der Waals surface area contributed by atoms with E-state index >= 15 is 0 Å². The zero-order chi connectivity index (χ0) is 23.3. The number of aromatic hydroxyl groups is 1. The van der Waals surface area contributed by atoms with Crippen molar-refractivity contribution in [2.24, 2.45) is 0 Å². The second-order valence-corrected chi connectivity index (χ2v) is 7.62. The van der Waals surface area contributed by atoms with Crippen LogP contribution in [-0.2, 0) is 16.0 Å². The number of carboxylic acids is 1. The summed E-state index contributed by atoms with van der Waals surface area (Å²) in [6.07, 6.45) is 5.43. The summed E-state index contributed by atoms with van der Waals surface area (Å²) in [7, 11) is 0. The monoisotopic (exact) mass is 462 g/mol. The molecule has 0 heterocycles. The van der Waals surface area contributed by atoms with Crippen LogP contribution < -0.4 is 9.47 Å². The van der Waals surface area contributed by atoms with Crippen LogP contribution in [0.2, 0.25) is 5.02 Å². The summed E-state index contributed by atoms with van der Waals surface area (Å²) in [4.78, 5) is 10.8. The van der Waals surface area contributed by atoms with Crippen LogP contribution in [0.15, 0.2) is 48.6 Å². The van der Waals surface area contributed by atoms with Crippen LogP contribution in [-0.4, -0.2) is 36.0 Å². The molecule has 0 spiro atoms. The van der Waals surface area contributed by atoms with E-state index in [1.54, 1.807) is 18.2 Å². The highest BCUT2D eigenvalue weighted by molar-refractivity contribution is 6.32. The molecule has 0 aliphatic heterocycles. The summed E-state index contributed by atoms with van der Waals surface area (Å²) in [6.45, 7) is 5.49. The van der Waals surface area contributed by atoms with E-state index in [0.717, 1.165) is 30.0 Å². The molecule has 2 aromatic carbocycles. The summed E-state index contributed by atoms with van der Waals surface area (Å²) in [5, 5.41) is 18.7. The van der Waals surface area contributed by atoms with E-state index < -0.39 is 5.97 Å². The number of halogens is 1. The molecule has 174 valence electrons. The van der Waals surface area contributed by atoms with Gasteiger partial charge in [-0.1, -0.05) is 43.2 Å². The number of carbonyl (C=O) groups is 1. The number of carboxylic acid groups (broad SMARTS) is 1. The van der Waals surface area contributed by atoms with Crippen molar-refractivity contribution in [1.82, 2.24) is 0 Å². The van der Waals surface area contributed by atoms with Gasteiger partial charge in [-0.05, 0) is 55.2 Å². The molecule has 0 radical (unpaired) electrons. The summed E-state index contributed by atoms with van der Waals surface area (Å²) in [5.74, 6) is 0.334. The summed E-state index contributed by atoms with van der Waals surface area (Å²) >= 11 is 5.97. The molecule has 7 heteroatoms. The molecule has 32 heavy (non-hydrogen) atoms. The van der Waals surface area contributed by atoms with Crippen molar-refractivity contribution in [2.45, 2.75) is 45.6 Å². The maximum atomic E-state index is 10.8. The highest BCUT2D eigenvalue weighted by atomic mass is 35.5. The van der Waals surface area contributed by atoms with Crippen LogP contribution >= 0.6 is 11.6 Å². The third kappa shape index (κ3) is 8.44. The van der Waals surface area contributed by atoms with Crippen molar-refractivity contribution in [3.05, 3.63) is 64.7 Å². The normalized spacial score (nSPS) is 12.1. The number of rotatable bonds is 14. The molecule has 1 atom stereocenters. The topological polar surface area (TPSA) is 85.2 Å². The SMILES string of the molecule is CCCCOc1cc(C(CC=CC(=O)O)OCC)ccc1OCCc1ccc(O)c(Cl)c1. The second kappa shape index (κ2) is 13.7. The van der Waals surface area contributed by atoms with Gasteiger partial charge in [0.05, 0.1) is 24.3 Å². The first-order chi connectivity index (χ1) is 15.4. The predicted octanol–water partition coefficient (Wildman–Crippen LogP) is 5.95. The molecular weight excluding hydrogens is 432 g/mol. The first-order valence-electron chi connectivity index (χ1n) is 10.8. The van der Waals surface area contributed by atoms with Crippen LogP contribution in [0, 0.1) is 0 Å². The standard InChI is InChI=1S/C25H31ClO6/c1-3-5-14-31-24-17-19(22(30-4-2)7-6-8-25(28)29)10-12-23(24)32-15-13-18-9-11-21(27)20(26)16-18/h6,8-12,16-17,22,27H,3-5,7,13-15H2,1-2H3,(H,28,29). The van der Waals surface area contributed by atoms with Gasteiger partial charge in [-0.15, -0.1) is 0 Å². The zero-order valence-corrected chi connectivity index (χ0v) is 19.3. The van der Waals surface area contributed by atoms with Gasteiger partial charge in [0.2, 0.25) is 0 Å². The predicted molar refractivity (Wildman–Crippen MR) is 125 cm³/mol. The van der Waals surface area contributed by atoms with Gasteiger partial charge in [0, 0.05) is 19.1 Å². The largest absolute Gasteiger partial charge is 0.506 e. The molecule has 0 fully saturated rings. The smallest absolute Gasteiger partial charge is 0.327 e. The molecule has 0 aromatic heterocycles. The van der Waals surface area contributed by atoms with E-state index in [0.29, 0.717) is 49.2 Å². The molecule has 0 saturated carbocycles. The number of hydrogen-bond acceptors (Lipinski definition) is 5. The third-order valence-corrected chi connectivity index (χ3v) is 5.04. The van der Waals surface area contributed by atoms with Crippen molar-refractivity contribution < 1.29 is 29.2 Å². The van der Waals surface area contributed by atoms with Crippen molar-refractivity contribution >= 4 is 17.6 Å². The number of benzene rings is 2. The molecule has 0 bridgehead atoms. The molecule has 0 amide bonds. The number of aliphatic carboxylic acids is 1. The molecule has 6 nitrogen and oxygen atoms in total. The van der Waals surface area contributed by atoms with E-state index in [1.807, 2.05) is 31.2 Å². The molecule has 0 aliphatic carbocycles. The van der Waals surface area contributed by atoms with E-state index in [4.69, 9.17) is 30.9 Å². The van der Waals surface area contributed by atoms with E-state index in [-0.39, 0.29) is 11.9 Å². The van der Waals surface area contributed by atoms with Crippen LogP contribution in [0.25, 0.3) is 0 Å². The molecule has 1 unspecified atom stereocenters. The molecule has 0 aliphatic rings. The first kappa shape index (κ1) is 25.6. The summed E-state index contributed by atoms with van der Waals surface area (Å²) in [5.41, 5.74) is 1.85. The van der Waals surface area contributed by atoms with Gasteiger partial charge in [0.15, 0.2) is 11.5 Å². The van der Waals surface area contributed by atoms with Crippen LogP contribution in [0.1, 0.15) is 50.3 Å². The van der Waals surface area contributed by atoms with Crippen LogP contribution in [0.5, 0.6) is 17.2 Å². The fourth-order valence-electron chi connectivity index (χ4n) is 3.06. The van der Waals surface area contributed by atoms with Gasteiger partial charge < -0.3 is 24.4 Å². The van der Waals surface area contributed by atoms with Gasteiger partial charge >= 0.3 is 5.97 Å². The average molecular weight is 463 g/mol. The number of phenols is 1. The Bertz CT molecular complexity index is 896. The molecular formula is C25H31ClO6. The number of phenolic OH excluding ortho intramolecular Hbond substituents is 1. The Labute approximate surface area is 194 Å². The molecule has 0 saturated heterocycles. The minimum absolute atomic E-state index is 0.0561. The minimum Gasteiger partial charge on any atom is -0.506 e. The van der Waals surface area contributed by atoms with E-state index in [1.165, 1.54) is 0 Å². The highest BCUT2D eigenvalue weighted by Gasteiger charge is 2.15. The third-order valence-electron chi connectivity index (χ3n) is 4.73. The molecule has 2 rings (SSSR count). The number of hydrogen-bond donors (Lipinski definition) is 2. The number of ether oxygens (including phenoxy) is 3. The lowest BCUT2D eigenvalue weighted by atomic mass is 10.1. The van der Waals surface area contributed by atoms with Gasteiger partial charge in [-0.3, -0.25) is 0 Å². The number of unbranched alkanes of at least 4 members (excludes halogenated alkanes) is 1. The van der Waals surface area contributed by atoms with Gasteiger partial charge in [0.1, 0.15) is 5.75 Å².